The summed E-state index contributed by atoms with van der Waals surface area (Å²) < 4.78 is 39.4. The van der Waals surface area contributed by atoms with Crippen LogP contribution >= 0.6 is 11.6 Å². The van der Waals surface area contributed by atoms with E-state index in [1.165, 1.54) is 6.07 Å². The van der Waals surface area contributed by atoms with Crippen LogP contribution in [0.3, 0.4) is 0 Å². The fourth-order valence-electron chi connectivity index (χ4n) is 1.53. The van der Waals surface area contributed by atoms with Crippen LogP contribution in [-0.2, 0) is 10.0 Å². The Balaban J connectivity index is 2.38. The molecule has 0 aliphatic rings. The SMILES string of the molecule is Nc1cc(F)ccc1S(=O)(=O)Nc1cccc(Cl)c1. The van der Waals surface area contributed by atoms with E-state index >= 15 is 0 Å². The number of nitrogens with one attached hydrogen (secondary N) is 1. The molecule has 2 aromatic rings. The molecule has 0 unspecified atom stereocenters. The monoisotopic (exact) mass is 300 g/mol. The molecule has 0 saturated carbocycles. The lowest BCUT2D eigenvalue weighted by atomic mass is 10.3. The molecule has 0 aromatic heterocycles. The minimum Gasteiger partial charge on any atom is -0.398 e. The number of halogens is 2. The van der Waals surface area contributed by atoms with Crippen LogP contribution in [0.15, 0.2) is 47.4 Å². The van der Waals surface area contributed by atoms with Crippen molar-refractivity contribution in [3.8, 4) is 0 Å². The van der Waals surface area contributed by atoms with E-state index in [1.54, 1.807) is 18.2 Å². The summed E-state index contributed by atoms with van der Waals surface area (Å²) in [5.41, 5.74) is 5.65. The van der Waals surface area contributed by atoms with E-state index in [2.05, 4.69) is 4.72 Å². The van der Waals surface area contributed by atoms with Gasteiger partial charge in [-0.1, -0.05) is 17.7 Å². The average Bonchev–Trinajstić information content (AvgIpc) is 2.27. The second kappa shape index (κ2) is 5.07. The fourth-order valence-corrected chi connectivity index (χ4v) is 2.88. The van der Waals surface area contributed by atoms with Crippen LogP contribution in [0.25, 0.3) is 0 Å². The highest BCUT2D eigenvalue weighted by atomic mass is 35.5. The average molecular weight is 301 g/mol. The number of rotatable bonds is 3. The van der Waals surface area contributed by atoms with Gasteiger partial charge in [0.1, 0.15) is 10.7 Å². The van der Waals surface area contributed by atoms with Crippen molar-refractivity contribution in [1.29, 1.82) is 0 Å². The molecule has 100 valence electrons. The third kappa shape index (κ3) is 3.15. The molecular formula is C12H10ClFN2O2S. The first-order valence-corrected chi connectivity index (χ1v) is 7.08. The van der Waals surface area contributed by atoms with Crippen molar-refractivity contribution in [2.24, 2.45) is 0 Å². The largest absolute Gasteiger partial charge is 0.398 e. The molecule has 3 N–H and O–H groups in total. The Bertz CT molecular complexity index is 719. The van der Waals surface area contributed by atoms with Crippen LogP contribution in [0.1, 0.15) is 0 Å². The molecule has 0 aliphatic carbocycles. The first-order valence-electron chi connectivity index (χ1n) is 5.22. The Hall–Kier alpha value is -1.79. The lowest BCUT2D eigenvalue weighted by molar-refractivity contribution is 0.600. The molecule has 0 aliphatic heterocycles. The zero-order chi connectivity index (χ0) is 14.0. The highest BCUT2D eigenvalue weighted by molar-refractivity contribution is 7.92. The minimum atomic E-state index is -3.88. The number of nitrogen functional groups attached to an aromatic ring is 1. The van der Waals surface area contributed by atoms with Gasteiger partial charge in [-0.3, -0.25) is 4.72 Å². The Kier molecular flexibility index (Phi) is 3.64. The van der Waals surface area contributed by atoms with Gasteiger partial charge in [-0.25, -0.2) is 12.8 Å². The predicted molar refractivity (Wildman–Crippen MR) is 73.1 cm³/mol. The number of anilines is 2. The van der Waals surface area contributed by atoms with Gasteiger partial charge in [-0.15, -0.1) is 0 Å². The van der Waals surface area contributed by atoms with E-state index in [1.807, 2.05) is 0 Å². The summed E-state index contributed by atoms with van der Waals surface area (Å²) in [7, 11) is -3.88. The molecular weight excluding hydrogens is 291 g/mol. The molecule has 0 bridgehead atoms. The summed E-state index contributed by atoms with van der Waals surface area (Å²) in [6.45, 7) is 0. The van der Waals surface area contributed by atoms with Crippen LogP contribution < -0.4 is 10.5 Å². The van der Waals surface area contributed by atoms with E-state index < -0.39 is 15.8 Å². The van der Waals surface area contributed by atoms with E-state index in [0.29, 0.717) is 10.7 Å². The molecule has 0 heterocycles. The van der Waals surface area contributed by atoms with Crippen molar-refractivity contribution < 1.29 is 12.8 Å². The zero-order valence-corrected chi connectivity index (χ0v) is 11.2. The molecule has 0 radical (unpaired) electrons. The van der Waals surface area contributed by atoms with Crippen molar-refractivity contribution in [3.63, 3.8) is 0 Å². The lowest BCUT2D eigenvalue weighted by Crippen LogP contribution is -2.14. The van der Waals surface area contributed by atoms with E-state index in [4.69, 9.17) is 17.3 Å². The molecule has 2 rings (SSSR count). The summed E-state index contributed by atoms with van der Waals surface area (Å²) in [5, 5.41) is 0.396. The number of benzene rings is 2. The Morgan fingerprint density at radius 2 is 1.89 bits per heavy atom. The molecule has 0 fully saturated rings. The zero-order valence-electron chi connectivity index (χ0n) is 9.60. The molecule has 0 spiro atoms. The Labute approximate surface area is 115 Å². The second-order valence-corrected chi connectivity index (χ2v) is 5.89. The van der Waals surface area contributed by atoms with Crippen molar-refractivity contribution in [3.05, 3.63) is 53.3 Å². The Morgan fingerprint density at radius 3 is 2.53 bits per heavy atom. The molecule has 2 aromatic carbocycles. The first-order chi connectivity index (χ1) is 8.88. The summed E-state index contributed by atoms with van der Waals surface area (Å²) in [6.07, 6.45) is 0. The normalized spacial score (nSPS) is 11.3. The highest BCUT2D eigenvalue weighted by Crippen LogP contribution is 2.23. The summed E-state index contributed by atoms with van der Waals surface area (Å²) in [5.74, 6) is -0.598. The minimum absolute atomic E-state index is 0.158. The maximum Gasteiger partial charge on any atom is 0.263 e. The van der Waals surface area contributed by atoms with Crippen LogP contribution in [0.5, 0.6) is 0 Å². The van der Waals surface area contributed by atoms with E-state index in [9.17, 15) is 12.8 Å². The number of hydrogen-bond acceptors (Lipinski definition) is 3. The third-order valence-electron chi connectivity index (χ3n) is 2.34. The number of nitrogens with two attached hydrogens (primary N) is 1. The Morgan fingerprint density at radius 1 is 1.16 bits per heavy atom. The lowest BCUT2D eigenvalue weighted by Gasteiger charge is -2.10. The van der Waals surface area contributed by atoms with Gasteiger partial charge < -0.3 is 5.73 Å². The fraction of sp³-hybridized carbons (Fsp3) is 0. The second-order valence-electron chi connectivity index (χ2n) is 3.80. The molecule has 7 heteroatoms. The smallest absolute Gasteiger partial charge is 0.263 e. The maximum atomic E-state index is 12.9. The third-order valence-corrected chi connectivity index (χ3v) is 4.03. The van der Waals surface area contributed by atoms with Crippen LogP contribution in [0.4, 0.5) is 15.8 Å². The highest BCUT2D eigenvalue weighted by Gasteiger charge is 2.18. The molecule has 19 heavy (non-hydrogen) atoms. The van der Waals surface area contributed by atoms with Gasteiger partial charge in [-0.2, -0.15) is 0 Å². The van der Waals surface area contributed by atoms with Crippen molar-refractivity contribution >= 4 is 33.0 Å². The van der Waals surface area contributed by atoms with E-state index in [-0.39, 0.29) is 10.6 Å². The van der Waals surface area contributed by atoms with Crippen molar-refractivity contribution in [2.45, 2.75) is 4.90 Å². The standard InChI is InChI=1S/C12H10ClFN2O2S/c13-8-2-1-3-10(6-8)16-19(17,18)12-5-4-9(14)7-11(12)15/h1-7,16H,15H2. The molecule has 4 nitrogen and oxygen atoms in total. The maximum absolute atomic E-state index is 12.9. The van der Waals surface area contributed by atoms with Gasteiger partial charge in [0.15, 0.2) is 0 Å². The van der Waals surface area contributed by atoms with Crippen molar-refractivity contribution in [2.75, 3.05) is 10.5 Å². The van der Waals surface area contributed by atoms with Gasteiger partial charge in [0, 0.05) is 5.02 Å². The van der Waals surface area contributed by atoms with Crippen LogP contribution in [0.2, 0.25) is 5.02 Å². The van der Waals surface area contributed by atoms with Gasteiger partial charge in [0.05, 0.1) is 11.4 Å². The van der Waals surface area contributed by atoms with Gasteiger partial charge in [-0.05, 0) is 36.4 Å². The molecule has 0 saturated heterocycles. The molecule has 0 atom stereocenters. The van der Waals surface area contributed by atoms with Crippen molar-refractivity contribution in [1.82, 2.24) is 0 Å². The van der Waals surface area contributed by atoms with Crippen LogP contribution in [-0.4, -0.2) is 8.42 Å². The predicted octanol–water partition coefficient (Wildman–Crippen LogP) is 2.86. The summed E-state index contributed by atoms with van der Waals surface area (Å²) in [6, 6.07) is 9.31. The number of hydrogen-bond donors (Lipinski definition) is 2. The number of sulfonamides is 1. The first kappa shape index (κ1) is 13.6. The molecule has 0 amide bonds. The quantitative estimate of drug-likeness (QED) is 0.856. The van der Waals surface area contributed by atoms with Gasteiger partial charge in [0.2, 0.25) is 0 Å². The van der Waals surface area contributed by atoms with Gasteiger partial charge >= 0.3 is 0 Å². The summed E-state index contributed by atoms with van der Waals surface area (Å²) >= 11 is 5.76. The van der Waals surface area contributed by atoms with Crippen LogP contribution in [0, 0.1) is 5.82 Å². The summed E-state index contributed by atoms with van der Waals surface area (Å²) in [4.78, 5) is -0.186. The van der Waals surface area contributed by atoms with Gasteiger partial charge in [0.25, 0.3) is 10.0 Å². The van der Waals surface area contributed by atoms with E-state index in [0.717, 1.165) is 18.2 Å². The topological polar surface area (TPSA) is 72.2 Å².